The molecule has 0 aromatic heterocycles. The third-order valence-corrected chi connectivity index (χ3v) is 7.65. The number of carbonyl (C=O) groups excluding carboxylic acids is 4. The van der Waals surface area contributed by atoms with Crippen LogP contribution in [0.1, 0.15) is 43.2 Å². The molecule has 2 heterocycles. The van der Waals surface area contributed by atoms with Crippen molar-refractivity contribution < 1.29 is 51.7 Å². The number of anilines is 1. The summed E-state index contributed by atoms with van der Waals surface area (Å²) < 4.78 is 41.9. The highest BCUT2D eigenvalue weighted by atomic mass is 19.4. The van der Waals surface area contributed by atoms with Crippen molar-refractivity contribution in [1.29, 1.82) is 0 Å². The van der Waals surface area contributed by atoms with E-state index in [0.29, 0.717) is 32.2 Å². The molecule has 0 bridgehead atoms. The third-order valence-electron chi connectivity index (χ3n) is 7.65. The topological polar surface area (TPSA) is 163 Å². The number of halogens is 3. The first-order valence-electron chi connectivity index (χ1n) is 15.2. The van der Waals surface area contributed by atoms with Crippen molar-refractivity contribution in [2.24, 2.45) is 5.92 Å². The van der Waals surface area contributed by atoms with Gasteiger partial charge in [0.1, 0.15) is 18.7 Å². The molecule has 47 heavy (non-hydrogen) atoms. The zero-order chi connectivity index (χ0) is 34.4. The quantitative estimate of drug-likeness (QED) is 0.209. The molecule has 4 rings (SSSR count). The van der Waals surface area contributed by atoms with Gasteiger partial charge in [-0.3, -0.25) is 14.5 Å². The number of para-hydroxylation sites is 1. The molecule has 1 saturated heterocycles. The summed E-state index contributed by atoms with van der Waals surface area (Å²) in [5, 5.41) is 15.9. The summed E-state index contributed by atoms with van der Waals surface area (Å²) in [6, 6.07) is 15.4. The number of aliphatic carboxylic acids is 1. The number of esters is 1. The smallest absolute Gasteiger partial charge is 0.475 e. The van der Waals surface area contributed by atoms with Gasteiger partial charge in [-0.1, -0.05) is 48.5 Å². The zero-order valence-corrected chi connectivity index (χ0v) is 25.9. The number of nitrogens with one attached hydrogen (secondary N) is 3. The van der Waals surface area contributed by atoms with E-state index in [9.17, 15) is 32.3 Å². The molecule has 2 aliphatic heterocycles. The first-order valence-corrected chi connectivity index (χ1v) is 15.2. The number of alkyl carbamates (subject to hydrolysis) is 1. The number of rotatable bonds is 11. The number of unbranched alkanes of at least 4 members (excludes halogenated alkanes) is 1. The number of methoxy groups -OCH3 is 1. The molecule has 1 fully saturated rings. The number of piperidine rings is 1. The zero-order valence-electron chi connectivity index (χ0n) is 25.9. The first kappa shape index (κ1) is 36.8. The fourth-order valence-electron chi connectivity index (χ4n) is 5.23. The summed E-state index contributed by atoms with van der Waals surface area (Å²) in [6.07, 6.45) is -2.28. The minimum Gasteiger partial charge on any atom is -0.475 e. The molecule has 15 heteroatoms. The van der Waals surface area contributed by atoms with E-state index in [1.807, 2.05) is 54.6 Å². The number of carboxylic acids is 1. The Bertz CT molecular complexity index is 1370. The highest BCUT2D eigenvalue weighted by Crippen LogP contribution is 2.34. The molecule has 0 radical (unpaired) electrons. The van der Waals surface area contributed by atoms with Gasteiger partial charge in [0.05, 0.1) is 7.11 Å². The maximum atomic E-state index is 13.6. The monoisotopic (exact) mass is 664 g/mol. The highest BCUT2D eigenvalue weighted by molar-refractivity contribution is 6.05. The standard InChI is InChI=1S/C30H38N4O6.C2HF3O2/c1-39-29(37)24(12-7-8-16-32-30(38)40-20-21-9-3-2-4-10-21)33-27(35)26-19-23-11-5-6-13-25(23)34(26)28(36)22-14-17-31-18-15-22;3-2(4,5)1(6)7/h2-6,9-11,13,22,24,26,31H,7-8,12,14-20H2,1H3,(H,32,38)(H,33,35);(H,6,7)/t24-,26-;/m0./s1. The van der Waals surface area contributed by atoms with E-state index in [1.54, 1.807) is 4.90 Å². The first-order chi connectivity index (χ1) is 22.4. The van der Waals surface area contributed by atoms with Crippen LogP contribution < -0.4 is 20.9 Å². The molecule has 2 atom stereocenters. The van der Waals surface area contributed by atoms with E-state index < -0.39 is 36.3 Å². The summed E-state index contributed by atoms with van der Waals surface area (Å²) in [5.41, 5.74) is 2.59. The number of nitrogens with zero attached hydrogens (tertiary/aromatic N) is 1. The van der Waals surface area contributed by atoms with Gasteiger partial charge in [0.25, 0.3) is 0 Å². The van der Waals surface area contributed by atoms with E-state index in [2.05, 4.69) is 16.0 Å². The Labute approximate surface area is 270 Å². The van der Waals surface area contributed by atoms with Gasteiger partial charge in [-0.2, -0.15) is 13.2 Å². The number of benzene rings is 2. The summed E-state index contributed by atoms with van der Waals surface area (Å²) in [7, 11) is 1.28. The van der Waals surface area contributed by atoms with E-state index in [0.717, 1.165) is 42.7 Å². The van der Waals surface area contributed by atoms with Gasteiger partial charge in [-0.25, -0.2) is 14.4 Å². The molecule has 0 unspecified atom stereocenters. The average Bonchev–Trinajstić information content (AvgIpc) is 3.46. The summed E-state index contributed by atoms with van der Waals surface area (Å²) in [4.78, 5) is 62.1. The molecule has 2 aromatic rings. The number of amides is 3. The SMILES string of the molecule is COC(=O)[C@H](CCCCNC(=O)OCc1ccccc1)NC(=O)[C@@H]1Cc2ccccc2N1C(=O)C1CCNCC1.O=C(O)C(F)(F)F. The molecule has 256 valence electrons. The minimum absolute atomic E-state index is 0.0496. The second-order valence-electron chi connectivity index (χ2n) is 11.0. The Balaban J connectivity index is 0.000000771. The Morgan fingerprint density at radius 1 is 1.00 bits per heavy atom. The predicted octanol–water partition coefficient (Wildman–Crippen LogP) is 3.33. The molecular weight excluding hydrogens is 625 g/mol. The fraction of sp³-hybridized carbons (Fsp3) is 0.469. The molecule has 4 N–H and O–H groups in total. The third kappa shape index (κ3) is 11.3. The lowest BCUT2D eigenvalue weighted by molar-refractivity contribution is -0.192. The maximum Gasteiger partial charge on any atom is 0.490 e. The van der Waals surface area contributed by atoms with Crippen LogP contribution in [0.3, 0.4) is 0 Å². The second-order valence-corrected chi connectivity index (χ2v) is 11.0. The lowest BCUT2D eigenvalue weighted by atomic mass is 9.96. The molecule has 2 aromatic carbocycles. The molecule has 0 saturated carbocycles. The van der Waals surface area contributed by atoms with E-state index in [-0.39, 0.29) is 24.3 Å². The lowest BCUT2D eigenvalue weighted by Gasteiger charge is -2.31. The van der Waals surface area contributed by atoms with E-state index in [1.165, 1.54) is 7.11 Å². The number of alkyl halides is 3. The number of hydrogen-bond acceptors (Lipinski definition) is 8. The molecule has 3 amide bonds. The van der Waals surface area contributed by atoms with Gasteiger partial charge < -0.3 is 30.5 Å². The van der Waals surface area contributed by atoms with Crippen LogP contribution in [0, 0.1) is 5.92 Å². The van der Waals surface area contributed by atoms with Crippen LogP contribution in [0.2, 0.25) is 0 Å². The van der Waals surface area contributed by atoms with Gasteiger partial charge in [0, 0.05) is 24.6 Å². The van der Waals surface area contributed by atoms with Crippen LogP contribution in [0.15, 0.2) is 54.6 Å². The average molecular weight is 665 g/mol. The minimum atomic E-state index is -5.08. The van der Waals surface area contributed by atoms with Crippen LogP contribution in [-0.4, -0.2) is 80.0 Å². The maximum absolute atomic E-state index is 13.6. The van der Waals surface area contributed by atoms with Crippen LogP contribution in [0.25, 0.3) is 0 Å². The lowest BCUT2D eigenvalue weighted by Crippen LogP contribution is -2.54. The number of hydrogen-bond donors (Lipinski definition) is 4. The molecule has 0 spiro atoms. The molecule has 12 nitrogen and oxygen atoms in total. The highest BCUT2D eigenvalue weighted by Gasteiger charge is 2.42. The number of carboxylic acid groups (broad SMARTS) is 1. The number of carbonyl (C=O) groups is 5. The van der Waals surface area contributed by atoms with Crippen molar-refractivity contribution in [3.8, 4) is 0 Å². The van der Waals surface area contributed by atoms with Crippen LogP contribution >= 0.6 is 0 Å². The van der Waals surface area contributed by atoms with Gasteiger partial charge in [-0.05, 0) is 62.4 Å². The number of ether oxygens (including phenoxy) is 2. The van der Waals surface area contributed by atoms with Crippen LogP contribution in [0.5, 0.6) is 0 Å². The summed E-state index contributed by atoms with van der Waals surface area (Å²) in [6.45, 7) is 2.09. The van der Waals surface area contributed by atoms with E-state index in [4.69, 9.17) is 19.4 Å². The predicted molar refractivity (Wildman–Crippen MR) is 163 cm³/mol. The molecule has 2 aliphatic rings. The van der Waals surface area contributed by atoms with Crippen LogP contribution in [0.4, 0.5) is 23.7 Å². The Kier molecular flexibility index (Phi) is 14.0. The normalized spacial score (nSPS) is 16.5. The molecule has 0 aliphatic carbocycles. The van der Waals surface area contributed by atoms with E-state index >= 15 is 0 Å². The van der Waals surface area contributed by atoms with Crippen molar-refractivity contribution in [3.05, 3.63) is 65.7 Å². The van der Waals surface area contributed by atoms with Gasteiger partial charge >= 0.3 is 24.2 Å². The largest absolute Gasteiger partial charge is 0.490 e. The van der Waals surface area contributed by atoms with Crippen molar-refractivity contribution in [1.82, 2.24) is 16.0 Å². The van der Waals surface area contributed by atoms with Gasteiger partial charge in [0.15, 0.2) is 0 Å². The van der Waals surface area contributed by atoms with Crippen LogP contribution in [-0.2, 0) is 41.7 Å². The number of fused-ring (bicyclic) bond motifs is 1. The summed E-state index contributed by atoms with van der Waals surface area (Å²) >= 11 is 0. The van der Waals surface area contributed by atoms with Crippen molar-refractivity contribution in [3.63, 3.8) is 0 Å². The Morgan fingerprint density at radius 3 is 2.28 bits per heavy atom. The van der Waals surface area contributed by atoms with Crippen molar-refractivity contribution >= 4 is 35.5 Å². The Morgan fingerprint density at radius 2 is 1.64 bits per heavy atom. The van der Waals surface area contributed by atoms with Gasteiger partial charge in [0.2, 0.25) is 11.8 Å². The second kappa shape index (κ2) is 17.9. The summed E-state index contributed by atoms with van der Waals surface area (Å²) in [5.74, 6) is -3.88. The van der Waals surface area contributed by atoms with Crippen molar-refractivity contribution in [2.45, 2.75) is 63.4 Å². The molecular formula is C32H39F3N4O8. The van der Waals surface area contributed by atoms with Crippen molar-refractivity contribution in [2.75, 3.05) is 31.6 Å². The fourth-order valence-corrected chi connectivity index (χ4v) is 5.23. The van der Waals surface area contributed by atoms with Gasteiger partial charge in [-0.15, -0.1) is 0 Å². The Hall–Kier alpha value is -4.66.